The Balaban J connectivity index is 2.22. The van der Waals surface area contributed by atoms with Gasteiger partial charge in [-0.2, -0.15) is 11.8 Å². The topological polar surface area (TPSA) is 26.0 Å². The number of hydrogen-bond donors (Lipinski definition) is 1. The van der Waals surface area contributed by atoms with Crippen LogP contribution < -0.4 is 5.73 Å². The average Bonchev–Trinajstić information content (AvgIpc) is 2.49. The molecule has 90 valence electrons. The maximum absolute atomic E-state index is 5.88. The van der Waals surface area contributed by atoms with Crippen molar-refractivity contribution in [3.63, 3.8) is 0 Å². The number of hydrogen-bond acceptors (Lipinski definition) is 2. The number of thioether (sulfide) groups is 1. The Morgan fingerprint density at radius 3 is 2.67 bits per heavy atom. The first-order valence-corrected chi connectivity index (χ1v) is 7.75. The van der Waals surface area contributed by atoms with Crippen LogP contribution in [-0.2, 0) is 0 Å². The van der Waals surface area contributed by atoms with Gasteiger partial charge < -0.3 is 5.73 Å². The summed E-state index contributed by atoms with van der Waals surface area (Å²) in [5.74, 6) is 2.16. The summed E-state index contributed by atoms with van der Waals surface area (Å²) >= 11 is 2.20. The molecule has 1 saturated carbocycles. The molecule has 1 nitrogen and oxygen atoms in total. The SMILES string of the molecule is CCCCCSC1CCCCCC1CN. The van der Waals surface area contributed by atoms with E-state index < -0.39 is 0 Å². The predicted octanol–water partition coefficient (Wildman–Crippen LogP) is 3.82. The molecule has 0 heterocycles. The minimum Gasteiger partial charge on any atom is -0.330 e. The van der Waals surface area contributed by atoms with Gasteiger partial charge in [0.25, 0.3) is 0 Å². The molecule has 2 N–H and O–H groups in total. The Kier molecular flexibility index (Phi) is 7.54. The van der Waals surface area contributed by atoms with Crippen molar-refractivity contribution in [3.8, 4) is 0 Å². The minimum absolute atomic E-state index is 0.805. The number of rotatable bonds is 6. The molecule has 1 aliphatic carbocycles. The molecule has 0 aromatic rings. The van der Waals surface area contributed by atoms with Crippen LogP contribution in [0, 0.1) is 5.92 Å². The van der Waals surface area contributed by atoms with Crippen molar-refractivity contribution >= 4 is 11.8 Å². The molecule has 1 aliphatic rings. The maximum atomic E-state index is 5.88. The maximum Gasteiger partial charge on any atom is 0.00873 e. The van der Waals surface area contributed by atoms with Crippen LogP contribution in [-0.4, -0.2) is 17.5 Å². The first-order valence-electron chi connectivity index (χ1n) is 6.70. The molecule has 1 rings (SSSR count). The Morgan fingerprint density at radius 1 is 1.13 bits per heavy atom. The highest BCUT2D eigenvalue weighted by Crippen LogP contribution is 2.32. The van der Waals surface area contributed by atoms with Crippen LogP contribution in [0.4, 0.5) is 0 Å². The molecule has 0 spiro atoms. The van der Waals surface area contributed by atoms with E-state index in [9.17, 15) is 0 Å². The predicted molar refractivity (Wildman–Crippen MR) is 71.4 cm³/mol. The molecule has 0 amide bonds. The van der Waals surface area contributed by atoms with Gasteiger partial charge in [-0.15, -0.1) is 0 Å². The van der Waals surface area contributed by atoms with Crippen molar-refractivity contribution in [2.24, 2.45) is 11.7 Å². The second-order valence-corrected chi connectivity index (χ2v) is 6.10. The minimum atomic E-state index is 0.805. The molecule has 0 bridgehead atoms. The van der Waals surface area contributed by atoms with Crippen LogP contribution in [0.15, 0.2) is 0 Å². The van der Waals surface area contributed by atoms with Gasteiger partial charge in [-0.1, -0.05) is 39.0 Å². The molecule has 0 aromatic heterocycles. The van der Waals surface area contributed by atoms with Gasteiger partial charge in [-0.25, -0.2) is 0 Å². The Bertz CT molecular complexity index is 149. The summed E-state index contributed by atoms with van der Waals surface area (Å²) in [6.45, 7) is 3.18. The molecule has 0 aliphatic heterocycles. The van der Waals surface area contributed by atoms with Crippen molar-refractivity contribution in [2.75, 3.05) is 12.3 Å². The summed E-state index contributed by atoms with van der Waals surface area (Å²) in [5.41, 5.74) is 5.88. The molecule has 2 atom stereocenters. The van der Waals surface area contributed by atoms with E-state index in [2.05, 4.69) is 18.7 Å². The Labute approximate surface area is 99.6 Å². The fourth-order valence-electron chi connectivity index (χ4n) is 2.43. The molecular weight excluding hydrogens is 202 g/mol. The van der Waals surface area contributed by atoms with E-state index in [-0.39, 0.29) is 0 Å². The van der Waals surface area contributed by atoms with Gasteiger partial charge >= 0.3 is 0 Å². The summed E-state index contributed by atoms with van der Waals surface area (Å²) in [4.78, 5) is 0. The van der Waals surface area contributed by atoms with E-state index in [1.807, 2.05) is 0 Å². The van der Waals surface area contributed by atoms with E-state index in [4.69, 9.17) is 5.73 Å². The second-order valence-electron chi connectivity index (χ2n) is 4.75. The van der Waals surface area contributed by atoms with Gasteiger partial charge in [0.15, 0.2) is 0 Å². The van der Waals surface area contributed by atoms with E-state index in [0.29, 0.717) is 0 Å². The van der Waals surface area contributed by atoms with Crippen LogP contribution >= 0.6 is 11.8 Å². The molecule has 0 saturated heterocycles. The lowest BCUT2D eigenvalue weighted by atomic mass is 10.0. The lowest BCUT2D eigenvalue weighted by molar-refractivity contribution is 0.483. The van der Waals surface area contributed by atoms with Crippen LogP contribution in [0.1, 0.15) is 58.3 Å². The number of unbranched alkanes of at least 4 members (excludes halogenated alkanes) is 2. The monoisotopic (exact) mass is 229 g/mol. The molecule has 2 heteroatoms. The van der Waals surface area contributed by atoms with Crippen LogP contribution in [0.25, 0.3) is 0 Å². The summed E-state index contributed by atoms with van der Waals surface area (Å²) in [6.07, 6.45) is 11.2. The highest BCUT2D eigenvalue weighted by Gasteiger charge is 2.22. The molecule has 2 unspecified atom stereocenters. The van der Waals surface area contributed by atoms with Gasteiger partial charge in [-0.3, -0.25) is 0 Å². The summed E-state index contributed by atoms with van der Waals surface area (Å²) in [7, 11) is 0. The average molecular weight is 229 g/mol. The zero-order chi connectivity index (χ0) is 10.9. The smallest absolute Gasteiger partial charge is 0.00873 e. The third-order valence-corrected chi connectivity index (χ3v) is 5.05. The van der Waals surface area contributed by atoms with Gasteiger partial charge in [-0.05, 0) is 37.5 Å². The van der Waals surface area contributed by atoms with Gasteiger partial charge in [0.05, 0.1) is 0 Å². The van der Waals surface area contributed by atoms with Crippen LogP contribution in [0.5, 0.6) is 0 Å². The van der Waals surface area contributed by atoms with Crippen molar-refractivity contribution in [1.29, 1.82) is 0 Å². The molecular formula is C13H27NS. The Hall–Kier alpha value is 0.310. The third-order valence-electron chi connectivity index (χ3n) is 3.47. The number of nitrogens with two attached hydrogens (primary N) is 1. The van der Waals surface area contributed by atoms with Gasteiger partial charge in [0.2, 0.25) is 0 Å². The van der Waals surface area contributed by atoms with Crippen molar-refractivity contribution in [3.05, 3.63) is 0 Å². The van der Waals surface area contributed by atoms with Crippen molar-refractivity contribution < 1.29 is 0 Å². The summed E-state index contributed by atoms with van der Waals surface area (Å²) in [6, 6.07) is 0. The Morgan fingerprint density at radius 2 is 1.93 bits per heavy atom. The lowest BCUT2D eigenvalue weighted by Crippen LogP contribution is -2.24. The van der Waals surface area contributed by atoms with Gasteiger partial charge in [0.1, 0.15) is 0 Å². The van der Waals surface area contributed by atoms with Crippen molar-refractivity contribution in [1.82, 2.24) is 0 Å². The third kappa shape index (κ3) is 5.26. The first-order chi connectivity index (χ1) is 7.38. The molecule has 0 radical (unpaired) electrons. The largest absolute Gasteiger partial charge is 0.330 e. The van der Waals surface area contributed by atoms with Gasteiger partial charge in [0, 0.05) is 5.25 Å². The highest BCUT2D eigenvalue weighted by molar-refractivity contribution is 7.99. The first kappa shape index (κ1) is 13.4. The fraction of sp³-hybridized carbons (Fsp3) is 1.00. The van der Waals surface area contributed by atoms with E-state index in [1.54, 1.807) is 0 Å². The molecule has 1 fully saturated rings. The zero-order valence-corrected chi connectivity index (χ0v) is 11.0. The molecule has 0 aromatic carbocycles. The fourth-order valence-corrected chi connectivity index (χ4v) is 3.95. The zero-order valence-electron chi connectivity index (χ0n) is 10.2. The van der Waals surface area contributed by atoms with E-state index in [1.165, 1.54) is 57.1 Å². The normalized spacial score (nSPS) is 27.6. The van der Waals surface area contributed by atoms with E-state index in [0.717, 1.165) is 17.7 Å². The summed E-state index contributed by atoms with van der Waals surface area (Å²) in [5, 5.41) is 0.870. The quantitative estimate of drug-likeness (QED) is 0.553. The lowest BCUT2D eigenvalue weighted by Gasteiger charge is -2.23. The molecule has 15 heavy (non-hydrogen) atoms. The summed E-state index contributed by atoms with van der Waals surface area (Å²) < 4.78 is 0. The standard InChI is InChI=1S/C13H27NS/c1-2-3-7-10-15-13-9-6-4-5-8-12(13)11-14/h12-13H,2-11,14H2,1H3. The van der Waals surface area contributed by atoms with Crippen LogP contribution in [0.2, 0.25) is 0 Å². The van der Waals surface area contributed by atoms with Crippen LogP contribution in [0.3, 0.4) is 0 Å². The van der Waals surface area contributed by atoms with Crippen molar-refractivity contribution in [2.45, 2.75) is 63.5 Å². The van der Waals surface area contributed by atoms with E-state index >= 15 is 0 Å². The highest BCUT2D eigenvalue weighted by atomic mass is 32.2. The second kappa shape index (κ2) is 8.46.